The minimum Gasteiger partial charge on any atom is -0.490 e. The molecule has 2 aromatic rings. The molecule has 1 N–H and O–H groups in total. The number of rotatable bonds is 5. The van der Waals surface area contributed by atoms with Crippen molar-refractivity contribution in [3.63, 3.8) is 0 Å². The summed E-state index contributed by atoms with van der Waals surface area (Å²) in [6, 6.07) is 14.1. The number of hydrogen-bond acceptors (Lipinski definition) is 2. The summed E-state index contributed by atoms with van der Waals surface area (Å²) in [5.74, 6) is 1.33. The van der Waals surface area contributed by atoms with Crippen LogP contribution < -0.4 is 4.74 Å². The van der Waals surface area contributed by atoms with Gasteiger partial charge in [0.2, 0.25) is 0 Å². The van der Waals surface area contributed by atoms with Crippen molar-refractivity contribution in [2.45, 2.75) is 26.4 Å². The van der Waals surface area contributed by atoms with Gasteiger partial charge in [0.25, 0.3) is 0 Å². The smallest absolute Gasteiger partial charge is 0.127 e. The maximum Gasteiger partial charge on any atom is 0.127 e. The van der Waals surface area contributed by atoms with Crippen molar-refractivity contribution in [1.82, 2.24) is 0 Å². The number of aliphatic hydroxyl groups is 1. The molecule has 18 heavy (non-hydrogen) atoms. The minimum atomic E-state index is -0.399. The molecule has 2 aromatic carbocycles. The fourth-order valence-corrected chi connectivity index (χ4v) is 2.12. The largest absolute Gasteiger partial charge is 0.490 e. The second kappa shape index (κ2) is 5.87. The Kier molecular flexibility index (Phi) is 4.21. The van der Waals surface area contributed by atoms with Gasteiger partial charge in [-0.3, -0.25) is 0 Å². The first kappa shape index (κ1) is 12.9. The highest BCUT2D eigenvalue weighted by Gasteiger charge is 2.09. The second-order valence-corrected chi connectivity index (χ2v) is 5.07. The van der Waals surface area contributed by atoms with Gasteiger partial charge in [-0.25, -0.2) is 0 Å². The number of benzene rings is 2. The fourth-order valence-electron chi connectivity index (χ4n) is 2.12. The van der Waals surface area contributed by atoms with Crippen molar-refractivity contribution in [2.24, 2.45) is 5.92 Å². The van der Waals surface area contributed by atoms with E-state index in [2.05, 4.69) is 26.0 Å². The Morgan fingerprint density at radius 1 is 1.06 bits per heavy atom. The number of fused-ring (bicyclic) bond motifs is 1. The molecule has 2 nitrogen and oxygen atoms in total. The molecule has 0 saturated heterocycles. The monoisotopic (exact) mass is 244 g/mol. The molecule has 0 aliphatic carbocycles. The fraction of sp³-hybridized carbons (Fsp3) is 0.375. The van der Waals surface area contributed by atoms with E-state index in [1.54, 1.807) is 0 Å². The second-order valence-electron chi connectivity index (χ2n) is 5.07. The molecular formula is C16H20O2. The summed E-state index contributed by atoms with van der Waals surface area (Å²) in [5.41, 5.74) is 0. The van der Waals surface area contributed by atoms with E-state index in [4.69, 9.17) is 4.74 Å². The van der Waals surface area contributed by atoms with Crippen LogP contribution in [0.25, 0.3) is 10.8 Å². The van der Waals surface area contributed by atoms with Crippen LogP contribution in [0.3, 0.4) is 0 Å². The maximum absolute atomic E-state index is 9.83. The molecule has 96 valence electrons. The zero-order valence-corrected chi connectivity index (χ0v) is 11.0. The third kappa shape index (κ3) is 3.23. The summed E-state index contributed by atoms with van der Waals surface area (Å²) in [7, 11) is 0. The Bertz CT molecular complexity index is 500. The quantitative estimate of drug-likeness (QED) is 0.870. The van der Waals surface area contributed by atoms with Gasteiger partial charge in [0.15, 0.2) is 0 Å². The van der Waals surface area contributed by atoms with Crippen molar-refractivity contribution in [2.75, 3.05) is 6.61 Å². The highest BCUT2D eigenvalue weighted by molar-refractivity contribution is 5.88. The Morgan fingerprint density at radius 3 is 2.56 bits per heavy atom. The van der Waals surface area contributed by atoms with Crippen LogP contribution in [-0.2, 0) is 0 Å². The van der Waals surface area contributed by atoms with Gasteiger partial charge in [0, 0.05) is 5.39 Å². The SMILES string of the molecule is CC(C)CC(O)COc1cccc2ccccc12. The molecule has 0 radical (unpaired) electrons. The van der Waals surface area contributed by atoms with Crippen LogP contribution in [0.2, 0.25) is 0 Å². The van der Waals surface area contributed by atoms with Crippen LogP contribution in [0.4, 0.5) is 0 Å². The molecular weight excluding hydrogens is 224 g/mol. The van der Waals surface area contributed by atoms with Crippen LogP contribution >= 0.6 is 0 Å². The van der Waals surface area contributed by atoms with Gasteiger partial charge in [-0.2, -0.15) is 0 Å². The number of hydrogen-bond donors (Lipinski definition) is 1. The zero-order valence-electron chi connectivity index (χ0n) is 11.0. The zero-order chi connectivity index (χ0) is 13.0. The van der Waals surface area contributed by atoms with Crippen molar-refractivity contribution in [3.8, 4) is 5.75 Å². The lowest BCUT2D eigenvalue weighted by Crippen LogP contribution is -2.19. The third-order valence-corrected chi connectivity index (χ3v) is 2.92. The van der Waals surface area contributed by atoms with Gasteiger partial charge >= 0.3 is 0 Å². The van der Waals surface area contributed by atoms with E-state index in [0.29, 0.717) is 12.5 Å². The summed E-state index contributed by atoms with van der Waals surface area (Å²) in [6.07, 6.45) is 0.370. The summed E-state index contributed by atoms with van der Waals surface area (Å²) >= 11 is 0. The van der Waals surface area contributed by atoms with E-state index in [1.807, 2.05) is 30.3 Å². The van der Waals surface area contributed by atoms with Gasteiger partial charge in [0.1, 0.15) is 12.4 Å². The molecule has 0 heterocycles. The van der Waals surface area contributed by atoms with Crippen LogP contribution in [0.1, 0.15) is 20.3 Å². The van der Waals surface area contributed by atoms with E-state index in [9.17, 15) is 5.11 Å². The molecule has 1 unspecified atom stereocenters. The van der Waals surface area contributed by atoms with Gasteiger partial charge in [-0.15, -0.1) is 0 Å². The summed E-state index contributed by atoms with van der Waals surface area (Å²) in [4.78, 5) is 0. The molecule has 2 heteroatoms. The highest BCUT2D eigenvalue weighted by Crippen LogP contribution is 2.25. The maximum atomic E-state index is 9.83. The number of ether oxygens (including phenoxy) is 1. The molecule has 2 rings (SSSR count). The molecule has 0 bridgehead atoms. The first-order valence-corrected chi connectivity index (χ1v) is 6.45. The van der Waals surface area contributed by atoms with E-state index < -0.39 is 6.10 Å². The average molecular weight is 244 g/mol. The molecule has 0 amide bonds. The first-order chi connectivity index (χ1) is 8.66. The molecule has 0 aliphatic rings. The lowest BCUT2D eigenvalue weighted by Gasteiger charge is -2.15. The standard InChI is InChI=1S/C16H20O2/c1-12(2)10-14(17)11-18-16-9-5-7-13-6-3-4-8-15(13)16/h3-9,12,14,17H,10-11H2,1-2H3. The molecule has 1 atom stereocenters. The molecule has 0 fully saturated rings. The average Bonchev–Trinajstić information content (AvgIpc) is 2.35. The first-order valence-electron chi connectivity index (χ1n) is 6.45. The van der Waals surface area contributed by atoms with Crippen molar-refractivity contribution in [3.05, 3.63) is 42.5 Å². The Labute approximate surface area is 108 Å². The molecule has 0 aliphatic heterocycles. The van der Waals surface area contributed by atoms with Crippen LogP contribution in [0.5, 0.6) is 5.75 Å². The topological polar surface area (TPSA) is 29.5 Å². The van der Waals surface area contributed by atoms with E-state index in [0.717, 1.165) is 22.9 Å². The van der Waals surface area contributed by atoms with Gasteiger partial charge in [0.05, 0.1) is 6.10 Å². The van der Waals surface area contributed by atoms with E-state index in [-0.39, 0.29) is 0 Å². The third-order valence-electron chi connectivity index (χ3n) is 2.92. The van der Waals surface area contributed by atoms with Crippen LogP contribution in [0, 0.1) is 5.92 Å². The normalized spacial score (nSPS) is 12.9. The van der Waals surface area contributed by atoms with E-state index in [1.165, 1.54) is 0 Å². The summed E-state index contributed by atoms with van der Waals surface area (Å²) in [5, 5.41) is 12.1. The number of aliphatic hydroxyl groups excluding tert-OH is 1. The van der Waals surface area contributed by atoms with Crippen molar-refractivity contribution in [1.29, 1.82) is 0 Å². The minimum absolute atomic E-state index is 0.353. The predicted octanol–water partition coefficient (Wildman–Crippen LogP) is 3.63. The lowest BCUT2D eigenvalue weighted by molar-refractivity contribution is 0.0900. The van der Waals surface area contributed by atoms with Crippen LogP contribution in [-0.4, -0.2) is 17.8 Å². The molecule has 0 spiro atoms. The lowest BCUT2D eigenvalue weighted by atomic mass is 10.1. The Balaban J connectivity index is 2.08. The summed E-state index contributed by atoms with van der Waals surface area (Å²) < 4.78 is 5.73. The van der Waals surface area contributed by atoms with Gasteiger partial charge < -0.3 is 9.84 Å². The predicted molar refractivity (Wildman–Crippen MR) is 74.9 cm³/mol. The van der Waals surface area contributed by atoms with Gasteiger partial charge in [-0.1, -0.05) is 50.2 Å². The Hall–Kier alpha value is -1.54. The summed E-state index contributed by atoms with van der Waals surface area (Å²) in [6.45, 7) is 4.55. The Morgan fingerprint density at radius 2 is 1.78 bits per heavy atom. The van der Waals surface area contributed by atoms with E-state index >= 15 is 0 Å². The van der Waals surface area contributed by atoms with Gasteiger partial charge in [-0.05, 0) is 23.8 Å². The van der Waals surface area contributed by atoms with Crippen LogP contribution in [0.15, 0.2) is 42.5 Å². The van der Waals surface area contributed by atoms with Crippen molar-refractivity contribution >= 4 is 10.8 Å². The molecule has 0 aromatic heterocycles. The van der Waals surface area contributed by atoms with Crippen molar-refractivity contribution < 1.29 is 9.84 Å². The highest BCUT2D eigenvalue weighted by atomic mass is 16.5. The molecule has 0 saturated carbocycles.